The molecule has 1 aromatic carbocycles. The molecule has 0 saturated heterocycles. The SMILES string of the molecule is C[N+]1(C)C=Cc2cc(S(=O)(=O)O)ccc21. The Bertz CT molecular complexity index is 544. The molecule has 0 radical (unpaired) electrons. The van der Waals surface area contributed by atoms with E-state index >= 15 is 0 Å². The Hall–Kier alpha value is -1.17. The normalized spacial score (nSPS) is 17.8. The predicted molar refractivity (Wildman–Crippen MR) is 58.9 cm³/mol. The highest BCUT2D eigenvalue weighted by Gasteiger charge is 2.26. The topological polar surface area (TPSA) is 54.4 Å². The van der Waals surface area contributed by atoms with E-state index in [4.69, 9.17) is 4.55 Å². The molecule has 1 aliphatic heterocycles. The standard InChI is InChI=1S/C10H11NO3S/c1-11(2)6-5-8-7-9(15(12,13)14)3-4-10(8)11/h3-7H,1-2H3/p+1. The fourth-order valence-corrected chi connectivity index (χ4v) is 2.21. The molecule has 0 saturated carbocycles. The summed E-state index contributed by atoms with van der Waals surface area (Å²) in [6, 6.07) is 4.62. The van der Waals surface area contributed by atoms with Gasteiger partial charge in [-0.05, 0) is 12.1 Å². The van der Waals surface area contributed by atoms with Crippen molar-refractivity contribution in [2.75, 3.05) is 14.1 Å². The Morgan fingerprint density at radius 1 is 1.27 bits per heavy atom. The van der Waals surface area contributed by atoms with Crippen molar-refractivity contribution < 1.29 is 13.0 Å². The van der Waals surface area contributed by atoms with Gasteiger partial charge < -0.3 is 0 Å². The summed E-state index contributed by atoms with van der Waals surface area (Å²) in [6.45, 7) is 0. The van der Waals surface area contributed by atoms with Crippen molar-refractivity contribution in [3.05, 3.63) is 30.0 Å². The molecule has 0 atom stereocenters. The lowest BCUT2D eigenvalue weighted by Crippen LogP contribution is -2.31. The van der Waals surface area contributed by atoms with Crippen LogP contribution in [0.4, 0.5) is 5.69 Å². The maximum atomic E-state index is 10.9. The Labute approximate surface area is 88.8 Å². The third-order valence-corrected chi connectivity index (χ3v) is 3.39. The Morgan fingerprint density at radius 2 is 1.93 bits per heavy atom. The van der Waals surface area contributed by atoms with Gasteiger partial charge in [0.2, 0.25) is 0 Å². The molecule has 15 heavy (non-hydrogen) atoms. The molecule has 1 aliphatic rings. The van der Waals surface area contributed by atoms with Crippen molar-refractivity contribution >= 4 is 21.9 Å². The zero-order valence-electron chi connectivity index (χ0n) is 8.51. The fraction of sp³-hybridized carbons (Fsp3) is 0.200. The molecular formula is C10H12NO3S+. The quantitative estimate of drug-likeness (QED) is 0.583. The van der Waals surface area contributed by atoms with Crippen LogP contribution in [0.25, 0.3) is 6.08 Å². The van der Waals surface area contributed by atoms with Crippen LogP contribution >= 0.6 is 0 Å². The minimum absolute atomic E-state index is 0.0622. The predicted octanol–water partition coefficient (Wildman–Crippen LogP) is 1.48. The maximum Gasteiger partial charge on any atom is 0.294 e. The first-order valence-electron chi connectivity index (χ1n) is 4.46. The molecule has 2 rings (SSSR count). The number of quaternary nitrogens is 1. The Kier molecular flexibility index (Phi) is 2.01. The zero-order chi connectivity index (χ0) is 11.3. The third kappa shape index (κ3) is 1.69. The number of fused-ring (bicyclic) bond motifs is 1. The smallest absolute Gasteiger partial charge is 0.282 e. The largest absolute Gasteiger partial charge is 0.294 e. The molecule has 1 N–H and O–H groups in total. The van der Waals surface area contributed by atoms with Crippen LogP contribution in [0.3, 0.4) is 0 Å². The van der Waals surface area contributed by atoms with Crippen LogP contribution in [-0.2, 0) is 10.1 Å². The summed E-state index contributed by atoms with van der Waals surface area (Å²) in [6.07, 6.45) is 3.81. The monoisotopic (exact) mass is 226 g/mol. The van der Waals surface area contributed by atoms with Gasteiger partial charge >= 0.3 is 0 Å². The first-order valence-corrected chi connectivity index (χ1v) is 5.90. The van der Waals surface area contributed by atoms with Gasteiger partial charge in [0, 0.05) is 17.7 Å². The van der Waals surface area contributed by atoms with Gasteiger partial charge in [-0.2, -0.15) is 8.42 Å². The molecule has 1 aromatic rings. The average molecular weight is 226 g/mol. The summed E-state index contributed by atoms with van der Waals surface area (Å²) in [4.78, 5) is -0.0622. The maximum absolute atomic E-state index is 10.9. The number of benzene rings is 1. The molecule has 0 bridgehead atoms. The van der Waals surface area contributed by atoms with Crippen LogP contribution in [0.15, 0.2) is 29.3 Å². The van der Waals surface area contributed by atoms with Crippen molar-refractivity contribution in [1.82, 2.24) is 4.48 Å². The van der Waals surface area contributed by atoms with Crippen molar-refractivity contribution in [2.24, 2.45) is 0 Å². The van der Waals surface area contributed by atoms with E-state index in [1.165, 1.54) is 12.1 Å². The molecule has 0 spiro atoms. The zero-order valence-corrected chi connectivity index (χ0v) is 9.32. The lowest BCUT2D eigenvalue weighted by atomic mass is 10.2. The van der Waals surface area contributed by atoms with E-state index in [9.17, 15) is 8.42 Å². The van der Waals surface area contributed by atoms with Crippen LogP contribution in [0.1, 0.15) is 5.56 Å². The summed E-state index contributed by atoms with van der Waals surface area (Å²) < 4.78 is 31.3. The summed E-state index contributed by atoms with van der Waals surface area (Å²) in [7, 11) is -0.112. The highest BCUT2D eigenvalue weighted by molar-refractivity contribution is 7.85. The van der Waals surface area contributed by atoms with E-state index in [0.29, 0.717) is 4.48 Å². The molecule has 5 heteroatoms. The highest BCUT2D eigenvalue weighted by Crippen LogP contribution is 2.33. The van der Waals surface area contributed by atoms with Crippen molar-refractivity contribution in [3.8, 4) is 0 Å². The van der Waals surface area contributed by atoms with Gasteiger partial charge in [0.05, 0.1) is 19.0 Å². The lowest BCUT2D eigenvalue weighted by molar-refractivity contribution is 0.483. The van der Waals surface area contributed by atoms with E-state index in [1.54, 1.807) is 6.07 Å². The first kappa shape index (κ1) is 10.4. The van der Waals surface area contributed by atoms with Crippen molar-refractivity contribution in [1.29, 1.82) is 0 Å². The molecule has 0 unspecified atom stereocenters. The lowest BCUT2D eigenvalue weighted by Gasteiger charge is -2.21. The summed E-state index contributed by atoms with van der Waals surface area (Å²) in [5.74, 6) is 0. The van der Waals surface area contributed by atoms with Gasteiger partial charge in [0.15, 0.2) is 0 Å². The number of hydrogen-bond acceptors (Lipinski definition) is 2. The minimum Gasteiger partial charge on any atom is -0.282 e. The van der Waals surface area contributed by atoms with E-state index < -0.39 is 10.1 Å². The van der Waals surface area contributed by atoms with Crippen LogP contribution in [0.2, 0.25) is 0 Å². The van der Waals surface area contributed by atoms with E-state index in [-0.39, 0.29) is 4.90 Å². The second-order valence-electron chi connectivity index (χ2n) is 4.05. The van der Waals surface area contributed by atoms with Gasteiger partial charge in [-0.25, -0.2) is 0 Å². The van der Waals surface area contributed by atoms with Gasteiger partial charge in [-0.1, -0.05) is 0 Å². The molecule has 0 fully saturated rings. The van der Waals surface area contributed by atoms with Gasteiger partial charge in [0.25, 0.3) is 10.1 Å². The Balaban J connectivity index is 2.61. The minimum atomic E-state index is -4.10. The average Bonchev–Trinajstić information content (AvgIpc) is 2.41. The second-order valence-corrected chi connectivity index (χ2v) is 5.47. The van der Waals surface area contributed by atoms with E-state index in [0.717, 1.165) is 11.3 Å². The van der Waals surface area contributed by atoms with Gasteiger partial charge in [-0.15, -0.1) is 0 Å². The fourth-order valence-electron chi connectivity index (χ4n) is 1.70. The molecule has 1 heterocycles. The highest BCUT2D eigenvalue weighted by atomic mass is 32.2. The molecule has 0 aromatic heterocycles. The van der Waals surface area contributed by atoms with Gasteiger partial charge in [0.1, 0.15) is 11.9 Å². The summed E-state index contributed by atoms with van der Waals surface area (Å²) in [5, 5.41) is 0. The van der Waals surface area contributed by atoms with Gasteiger partial charge in [-0.3, -0.25) is 9.04 Å². The van der Waals surface area contributed by atoms with Crippen LogP contribution < -0.4 is 4.48 Å². The third-order valence-electron chi connectivity index (χ3n) is 2.54. The number of nitrogens with zero attached hydrogens (tertiary/aromatic N) is 1. The molecule has 4 nitrogen and oxygen atoms in total. The van der Waals surface area contributed by atoms with Crippen molar-refractivity contribution in [2.45, 2.75) is 4.90 Å². The molecule has 0 amide bonds. The molecule has 80 valence electrons. The van der Waals surface area contributed by atoms with E-state index in [2.05, 4.69) is 0 Å². The van der Waals surface area contributed by atoms with Crippen LogP contribution in [0, 0.1) is 0 Å². The Morgan fingerprint density at radius 3 is 2.53 bits per heavy atom. The summed E-state index contributed by atoms with van der Waals surface area (Å²) in [5.41, 5.74) is 1.84. The number of hydrogen-bond donors (Lipinski definition) is 1. The summed E-state index contributed by atoms with van der Waals surface area (Å²) >= 11 is 0. The second kappa shape index (κ2) is 2.91. The molecular weight excluding hydrogens is 214 g/mol. The van der Waals surface area contributed by atoms with Crippen LogP contribution in [-0.4, -0.2) is 27.1 Å². The molecule has 0 aliphatic carbocycles. The number of rotatable bonds is 1. The first-order chi connectivity index (χ1) is 6.81. The van der Waals surface area contributed by atoms with E-state index in [1.807, 2.05) is 26.4 Å². The van der Waals surface area contributed by atoms with Crippen LogP contribution in [0.5, 0.6) is 0 Å². The van der Waals surface area contributed by atoms with Crippen molar-refractivity contribution in [3.63, 3.8) is 0 Å².